The zero-order chi connectivity index (χ0) is 9.84. The summed E-state index contributed by atoms with van der Waals surface area (Å²) in [5.74, 6) is 0.526. The van der Waals surface area contributed by atoms with E-state index in [0.29, 0.717) is 17.5 Å². The van der Waals surface area contributed by atoms with Gasteiger partial charge >= 0.3 is 0 Å². The van der Waals surface area contributed by atoms with E-state index in [1.54, 1.807) is 6.92 Å². The Kier molecular flexibility index (Phi) is 4.48. The lowest BCUT2D eigenvalue weighted by Crippen LogP contribution is -2.02. The quantitative estimate of drug-likeness (QED) is 0.630. The molecule has 6 heteroatoms. The number of hydrogen-bond acceptors (Lipinski definition) is 3. The van der Waals surface area contributed by atoms with Gasteiger partial charge in [-0.05, 0) is 6.92 Å². The molecule has 0 saturated carbocycles. The standard InChI is InChI=1S/C7H7Cl2IN2O/c1-4-5(13-3-2-10)7(9)12-11-6(4)8/h2-3H2,1H3. The van der Waals surface area contributed by atoms with Crippen LogP contribution in [0.1, 0.15) is 5.56 Å². The Morgan fingerprint density at radius 2 is 1.92 bits per heavy atom. The fourth-order valence-corrected chi connectivity index (χ4v) is 1.34. The van der Waals surface area contributed by atoms with Gasteiger partial charge < -0.3 is 4.74 Å². The highest BCUT2D eigenvalue weighted by molar-refractivity contribution is 14.1. The molecule has 0 atom stereocenters. The van der Waals surface area contributed by atoms with Crippen LogP contribution in [0.15, 0.2) is 0 Å². The first-order valence-electron chi connectivity index (χ1n) is 3.54. The monoisotopic (exact) mass is 332 g/mol. The molecule has 0 fully saturated rings. The normalized spacial score (nSPS) is 10.2. The molecule has 13 heavy (non-hydrogen) atoms. The molecule has 1 rings (SSSR count). The Hall–Kier alpha value is 0.190. The largest absolute Gasteiger partial charge is 0.489 e. The van der Waals surface area contributed by atoms with Crippen LogP contribution in [0.25, 0.3) is 0 Å². The number of nitrogens with zero attached hydrogens (tertiary/aromatic N) is 2. The number of halogens is 3. The van der Waals surface area contributed by atoms with Crippen molar-refractivity contribution in [3.8, 4) is 5.75 Å². The van der Waals surface area contributed by atoms with Crippen LogP contribution in [0.5, 0.6) is 5.75 Å². The summed E-state index contributed by atoms with van der Waals surface area (Å²) in [4.78, 5) is 0. The van der Waals surface area contributed by atoms with E-state index in [0.717, 1.165) is 9.99 Å². The van der Waals surface area contributed by atoms with Crippen molar-refractivity contribution < 1.29 is 4.74 Å². The highest BCUT2D eigenvalue weighted by Gasteiger charge is 2.11. The van der Waals surface area contributed by atoms with Gasteiger partial charge in [-0.2, -0.15) is 0 Å². The van der Waals surface area contributed by atoms with Crippen molar-refractivity contribution in [3.63, 3.8) is 0 Å². The first kappa shape index (κ1) is 11.3. The SMILES string of the molecule is Cc1c(Cl)nnc(Cl)c1OCCI. The molecule has 1 aromatic heterocycles. The summed E-state index contributed by atoms with van der Waals surface area (Å²) in [5.41, 5.74) is 0.728. The van der Waals surface area contributed by atoms with E-state index in [4.69, 9.17) is 27.9 Å². The lowest BCUT2D eigenvalue weighted by molar-refractivity contribution is 0.342. The molecule has 0 amide bonds. The Morgan fingerprint density at radius 3 is 2.54 bits per heavy atom. The van der Waals surface area contributed by atoms with E-state index < -0.39 is 0 Å². The van der Waals surface area contributed by atoms with E-state index in [1.165, 1.54) is 0 Å². The average molecular weight is 333 g/mol. The summed E-state index contributed by atoms with van der Waals surface area (Å²) in [6, 6.07) is 0. The van der Waals surface area contributed by atoms with Gasteiger partial charge in [-0.25, -0.2) is 0 Å². The molecule has 0 saturated heterocycles. The second-order valence-electron chi connectivity index (χ2n) is 2.27. The van der Waals surface area contributed by atoms with Crippen molar-refractivity contribution in [2.45, 2.75) is 6.92 Å². The zero-order valence-electron chi connectivity index (χ0n) is 6.85. The van der Waals surface area contributed by atoms with Crippen LogP contribution in [0.4, 0.5) is 0 Å². The fourth-order valence-electron chi connectivity index (χ4n) is 0.765. The zero-order valence-corrected chi connectivity index (χ0v) is 10.5. The van der Waals surface area contributed by atoms with Gasteiger partial charge in [-0.1, -0.05) is 45.8 Å². The minimum atomic E-state index is 0.256. The molecule has 0 aliphatic carbocycles. The number of aromatic nitrogens is 2. The van der Waals surface area contributed by atoms with Gasteiger partial charge in [0.05, 0.1) is 6.61 Å². The summed E-state index contributed by atoms with van der Waals surface area (Å²) >= 11 is 13.7. The van der Waals surface area contributed by atoms with E-state index in [9.17, 15) is 0 Å². The maximum atomic E-state index is 5.78. The summed E-state index contributed by atoms with van der Waals surface area (Å²) < 4.78 is 6.25. The second-order valence-corrected chi connectivity index (χ2v) is 4.07. The summed E-state index contributed by atoms with van der Waals surface area (Å²) in [7, 11) is 0. The predicted molar refractivity (Wildman–Crippen MR) is 61.2 cm³/mol. The van der Waals surface area contributed by atoms with Crippen LogP contribution < -0.4 is 4.74 Å². The Balaban J connectivity index is 2.96. The average Bonchev–Trinajstić information content (AvgIpc) is 2.12. The lowest BCUT2D eigenvalue weighted by Gasteiger charge is -2.08. The van der Waals surface area contributed by atoms with Crippen LogP contribution in [-0.4, -0.2) is 21.2 Å². The van der Waals surface area contributed by atoms with Gasteiger partial charge in [-0.15, -0.1) is 10.2 Å². The van der Waals surface area contributed by atoms with Crippen LogP contribution in [0.3, 0.4) is 0 Å². The Bertz CT molecular complexity index is 309. The van der Waals surface area contributed by atoms with E-state index in [2.05, 4.69) is 32.8 Å². The second kappa shape index (κ2) is 5.17. The molecular weight excluding hydrogens is 326 g/mol. The maximum Gasteiger partial charge on any atom is 0.194 e. The minimum absolute atomic E-state index is 0.256. The van der Waals surface area contributed by atoms with Gasteiger partial charge in [0.1, 0.15) is 0 Å². The molecular formula is C7H7Cl2IN2O. The molecule has 0 N–H and O–H groups in total. The van der Waals surface area contributed by atoms with Gasteiger partial charge in [0.25, 0.3) is 0 Å². The summed E-state index contributed by atoms with van der Waals surface area (Å²) in [6.07, 6.45) is 0. The molecule has 1 heterocycles. The van der Waals surface area contributed by atoms with Crippen molar-refractivity contribution >= 4 is 45.8 Å². The summed E-state index contributed by atoms with van der Waals surface area (Å²) in [6.45, 7) is 2.38. The highest BCUT2D eigenvalue weighted by atomic mass is 127. The van der Waals surface area contributed by atoms with Gasteiger partial charge in [0, 0.05) is 9.99 Å². The van der Waals surface area contributed by atoms with Crippen molar-refractivity contribution in [3.05, 3.63) is 15.9 Å². The van der Waals surface area contributed by atoms with Crippen LogP contribution in [0, 0.1) is 6.92 Å². The summed E-state index contributed by atoms with van der Waals surface area (Å²) in [5, 5.41) is 7.88. The molecule has 0 radical (unpaired) electrons. The lowest BCUT2D eigenvalue weighted by atomic mass is 10.3. The molecule has 0 bridgehead atoms. The highest BCUT2D eigenvalue weighted by Crippen LogP contribution is 2.29. The van der Waals surface area contributed by atoms with Gasteiger partial charge in [0.2, 0.25) is 0 Å². The van der Waals surface area contributed by atoms with E-state index in [1.807, 2.05) is 0 Å². The number of hydrogen-bond donors (Lipinski definition) is 0. The number of rotatable bonds is 3. The third-order valence-corrected chi connectivity index (χ3v) is 2.43. The van der Waals surface area contributed by atoms with Crippen molar-refractivity contribution in [1.29, 1.82) is 0 Å². The Morgan fingerprint density at radius 1 is 1.31 bits per heavy atom. The van der Waals surface area contributed by atoms with Crippen molar-refractivity contribution in [2.75, 3.05) is 11.0 Å². The minimum Gasteiger partial charge on any atom is -0.489 e. The molecule has 0 aliphatic rings. The van der Waals surface area contributed by atoms with Crippen LogP contribution >= 0.6 is 45.8 Å². The molecule has 0 aliphatic heterocycles. The van der Waals surface area contributed by atoms with E-state index >= 15 is 0 Å². The van der Waals surface area contributed by atoms with Crippen molar-refractivity contribution in [2.24, 2.45) is 0 Å². The molecule has 3 nitrogen and oxygen atoms in total. The third-order valence-electron chi connectivity index (χ3n) is 1.39. The predicted octanol–water partition coefficient (Wildman–Crippen LogP) is 2.91. The maximum absolute atomic E-state index is 5.78. The first-order valence-corrected chi connectivity index (χ1v) is 5.82. The number of ether oxygens (including phenoxy) is 1. The molecule has 0 aromatic carbocycles. The first-order chi connectivity index (χ1) is 6.16. The van der Waals surface area contributed by atoms with Gasteiger partial charge in [0.15, 0.2) is 16.1 Å². The van der Waals surface area contributed by atoms with Gasteiger partial charge in [-0.3, -0.25) is 0 Å². The topological polar surface area (TPSA) is 35.0 Å². The number of alkyl halides is 1. The Labute approximate surface area is 99.9 Å². The molecule has 0 unspecified atom stereocenters. The van der Waals surface area contributed by atoms with E-state index in [-0.39, 0.29) is 5.15 Å². The third kappa shape index (κ3) is 2.82. The van der Waals surface area contributed by atoms with Crippen molar-refractivity contribution in [1.82, 2.24) is 10.2 Å². The molecule has 1 aromatic rings. The molecule has 72 valence electrons. The van der Waals surface area contributed by atoms with Crippen LogP contribution in [0.2, 0.25) is 10.3 Å². The molecule has 0 spiro atoms. The smallest absolute Gasteiger partial charge is 0.194 e. The fraction of sp³-hybridized carbons (Fsp3) is 0.429. The van der Waals surface area contributed by atoms with Crippen LogP contribution in [-0.2, 0) is 0 Å².